The van der Waals surface area contributed by atoms with Crippen molar-refractivity contribution in [1.29, 1.82) is 0 Å². The van der Waals surface area contributed by atoms with Crippen LogP contribution >= 0.6 is 11.8 Å². The fraction of sp³-hybridized carbons (Fsp3) is 0.909. The molecule has 2 aliphatic rings. The second kappa shape index (κ2) is 6.61. The number of thioether (sulfide) groups is 1. The fourth-order valence-electron chi connectivity index (χ4n) is 2.33. The molecule has 20 heavy (non-hydrogen) atoms. The van der Waals surface area contributed by atoms with E-state index < -0.39 is 10.2 Å². The molecular formula is C11H22N4O3S2. The monoisotopic (exact) mass is 322 g/mol. The number of nitrogens with zero attached hydrogens (tertiary/aromatic N) is 2. The molecule has 0 spiro atoms. The SMILES string of the molecule is CN(C)S(=O)(=O)N1CCC(NC(=O)C2CSCN2)CC1. The summed E-state index contributed by atoms with van der Waals surface area (Å²) in [6.07, 6.45) is 1.33. The summed E-state index contributed by atoms with van der Waals surface area (Å²) in [5.74, 6) is 1.65. The van der Waals surface area contributed by atoms with E-state index in [-0.39, 0.29) is 18.0 Å². The first kappa shape index (κ1) is 16.0. The fourth-order valence-corrected chi connectivity index (χ4v) is 4.40. The molecule has 7 nitrogen and oxygen atoms in total. The molecule has 2 heterocycles. The maximum atomic E-state index is 12.0. The molecule has 1 unspecified atom stereocenters. The average Bonchev–Trinajstić information content (AvgIpc) is 2.93. The minimum Gasteiger partial charge on any atom is -0.352 e. The Kier molecular flexibility index (Phi) is 5.30. The van der Waals surface area contributed by atoms with Crippen molar-refractivity contribution < 1.29 is 13.2 Å². The van der Waals surface area contributed by atoms with E-state index in [0.29, 0.717) is 25.9 Å². The van der Waals surface area contributed by atoms with E-state index in [4.69, 9.17) is 0 Å². The smallest absolute Gasteiger partial charge is 0.281 e. The van der Waals surface area contributed by atoms with E-state index in [1.165, 1.54) is 22.7 Å². The molecule has 0 aromatic carbocycles. The van der Waals surface area contributed by atoms with Crippen LogP contribution < -0.4 is 10.6 Å². The van der Waals surface area contributed by atoms with Gasteiger partial charge in [-0.15, -0.1) is 11.8 Å². The molecule has 1 amide bonds. The Labute approximate surface area is 124 Å². The van der Waals surface area contributed by atoms with Gasteiger partial charge in [0.2, 0.25) is 5.91 Å². The first-order chi connectivity index (χ1) is 9.41. The normalized spacial score (nSPS) is 26.1. The van der Waals surface area contributed by atoms with Crippen molar-refractivity contribution in [3.63, 3.8) is 0 Å². The van der Waals surface area contributed by atoms with Gasteiger partial charge in [-0.2, -0.15) is 17.0 Å². The van der Waals surface area contributed by atoms with Gasteiger partial charge >= 0.3 is 0 Å². The van der Waals surface area contributed by atoms with Crippen LogP contribution in [0.25, 0.3) is 0 Å². The summed E-state index contributed by atoms with van der Waals surface area (Å²) in [6.45, 7) is 0.913. The lowest BCUT2D eigenvalue weighted by Gasteiger charge is -2.33. The van der Waals surface area contributed by atoms with Gasteiger partial charge < -0.3 is 5.32 Å². The maximum Gasteiger partial charge on any atom is 0.281 e. The molecule has 0 aliphatic carbocycles. The molecular weight excluding hydrogens is 300 g/mol. The highest BCUT2D eigenvalue weighted by Gasteiger charge is 2.31. The van der Waals surface area contributed by atoms with Crippen LogP contribution in [0, 0.1) is 0 Å². The molecule has 0 saturated carbocycles. The van der Waals surface area contributed by atoms with Crippen molar-refractivity contribution >= 4 is 27.9 Å². The van der Waals surface area contributed by atoms with Gasteiger partial charge in [-0.1, -0.05) is 0 Å². The Morgan fingerprint density at radius 2 is 2.00 bits per heavy atom. The Bertz CT molecular complexity index is 441. The third-order valence-corrected chi connectivity index (χ3v) is 6.50. The highest BCUT2D eigenvalue weighted by molar-refractivity contribution is 7.99. The number of carbonyl (C=O) groups excluding carboxylic acids is 1. The van der Waals surface area contributed by atoms with Crippen LogP contribution in [-0.2, 0) is 15.0 Å². The maximum absolute atomic E-state index is 12.0. The average molecular weight is 322 g/mol. The predicted molar refractivity (Wildman–Crippen MR) is 79.6 cm³/mol. The summed E-state index contributed by atoms with van der Waals surface area (Å²) in [5.41, 5.74) is 0. The summed E-state index contributed by atoms with van der Waals surface area (Å²) >= 11 is 1.71. The van der Waals surface area contributed by atoms with Gasteiger partial charge in [-0.3, -0.25) is 10.1 Å². The van der Waals surface area contributed by atoms with Crippen molar-refractivity contribution in [3.05, 3.63) is 0 Å². The second-order valence-corrected chi connectivity index (χ2v) is 8.42. The lowest BCUT2D eigenvalue weighted by Crippen LogP contribution is -2.52. The molecule has 9 heteroatoms. The van der Waals surface area contributed by atoms with Crippen LogP contribution in [0.15, 0.2) is 0 Å². The van der Waals surface area contributed by atoms with Gasteiger partial charge in [-0.05, 0) is 12.8 Å². The van der Waals surface area contributed by atoms with Gasteiger partial charge in [0.1, 0.15) is 0 Å². The molecule has 2 rings (SSSR count). The largest absolute Gasteiger partial charge is 0.352 e. The zero-order chi connectivity index (χ0) is 14.8. The molecule has 2 N–H and O–H groups in total. The van der Waals surface area contributed by atoms with Crippen LogP contribution in [-0.4, -0.2) is 73.8 Å². The number of nitrogens with one attached hydrogen (secondary N) is 2. The number of carbonyl (C=O) groups is 1. The van der Waals surface area contributed by atoms with E-state index in [2.05, 4.69) is 10.6 Å². The Morgan fingerprint density at radius 3 is 2.50 bits per heavy atom. The number of hydrogen-bond donors (Lipinski definition) is 2. The van der Waals surface area contributed by atoms with Crippen molar-refractivity contribution in [2.75, 3.05) is 38.8 Å². The van der Waals surface area contributed by atoms with Gasteiger partial charge in [0.05, 0.1) is 6.04 Å². The molecule has 0 radical (unpaired) electrons. The second-order valence-electron chi connectivity index (χ2n) is 5.24. The van der Waals surface area contributed by atoms with Crippen molar-refractivity contribution in [1.82, 2.24) is 19.2 Å². The van der Waals surface area contributed by atoms with Crippen molar-refractivity contribution in [2.24, 2.45) is 0 Å². The van der Waals surface area contributed by atoms with Crippen LogP contribution in [0.1, 0.15) is 12.8 Å². The Balaban J connectivity index is 1.81. The van der Waals surface area contributed by atoms with Crippen LogP contribution in [0.5, 0.6) is 0 Å². The van der Waals surface area contributed by atoms with E-state index in [0.717, 1.165) is 11.6 Å². The van der Waals surface area contributed by atoms with Gasteiger partial charge in [0.25, 0.3) is 10.2 Å². The first-order valence-corrected chi connectivity index (χ1v) is 9.25. The summed E-state index contributed by atoms with van der Waals surface area (Å²) in [4.78, 5) is 12.0. The van der Waals surface area contributed by atoms with Crippen LogP contribution in [0.2, 0.25) is 0 Å². The number of rotatable bonds is 4. The van der Waals surface area contributed by atoms with E-state index in [1.54, 1.807) is 11.8 Å². The van der Waals surface area contributed by atoms with E-state index in [1.807, 2.05) is 0 Å². The highest BCUT2D eigenvalue weighted by Crippen LogP contribution is 2.16. The summed E-state index contributed by atoms with van der Waals surface area (Å²) in [6, 6.07) is -0.0351. The summed E-state index contributed by atoms with van der Waals surface area (Å²) < 4.78 is 26.6. The lowest BCUT2D eigenvalue weighted by molar-refractivity contribution is -0.123. The molecule has 0 bridgehead atoms. The van der Waals surface area contributed by atoms with E-state index in [9.17, 15) is 13.2 Å². The third kappa shape index (κ3) is 3.64. The third-order valence-electron chi connectivity index (χ3n) is 3.62. The van der Waals surface area contributed by atoms with Crippen molar-refractivity contribution in [3.8, 4) is 0 Å². The van der Waals surface area contributed by atoms with Gasteiger partial charge in [-0.25, -0.2) is 0 Å². The summed E-state index contributed by atoms with van der Waals surface area (Å²) in [7, 11) is -0.261. The lowest BCUT2D eigenvalue weighted by atomic mass is 10.1. The number of hydrogen-bond acceptors (Lipinski definition) is 5. The number of amides is 1. The zero-order valence-electron chi connectivity index (χ0n) is 11.8. The van der Waals surface area contributed by atoms with Crippen LogP contribution in [0.4, 0.5) is 0 Å². The molecule has 2 saturated heterocycles. The molecule has 0 aromatic rings. The van der Waals surface area contributed by atoms with Gasteiger partial charge in [0.15, 0.2) is 0 Å². The molecule has 0 aromatic heterocycles. The Hall–Kier alpha value is -0.350. The molecule has 2 fully saturated rings. The highest BCUT2D eigenvalue weighted by atomic mass is 32.2. The topological polar surface area (TPSA) is 81.8 Å². The minimum atomic E-state index is -3.33. The zero-order valence-corrected chi connectivity index (χ0v) is 13.5. The number of piperidine rings is 1. The van der Waals surface area contributed by atoms with Crippen molar-refractivity contribution in [2.45, 2.75) is 24.9 Å². The van der Waals surface area contributed by atoms with Gasteiger partial charge in [0, 0.05) is 44.9 Å². The standard InChI is InChI=1S/C11H22N4O3S2/c1-14(2)20(17,18)15-5-3-9(4-6-15)13-11(16)10-7-19-8-12-10/h9-10,12H,3-8H2,1-2H3,(H,13,16). The summed E-state index contributed by atoms with van der Waals surface area (Å²) in [5, 5.41) is 6.14. The van der Waals surface area contributed by atoms with Crippen LogP contribution in [0.3, 0.4) is 0 Å². The Morgan fingerprint density at radius 1 is 1.35 bits per heavy atom. The molecule has 116 valence electrons. The van der Waals surface area contributed by atoms with E-state index >= 15 is 0 Å². The molecule has 2 aliphatic heterocycles. The minimum absolute atomic E-state index is 0.0314. The quantitative estimate of drug-likeness (QED) is 0.696. The molecule has 1 atom stereocenters. The first-order valence-electron chi connectivity index (χ1n) is 6.70. The predicted octanol–water partition coefficient (Wildman–Crippen LogP) is -0.964.